The molecule has 0 aromatic heterocycles. The van der Waals surface area contributed by atoms with Crippen LogP contribution in [0.5, 0.6) is 0 Å². The van der Waals surface area contributed by atoms with Crippen molar-refractivity contribution in [2.45, 2.75) is 30.6 Å². The summed E-state index contributed by atoms with van der Waals surface area (Å²) in [6.07, 6.45) is 11.3. The Balaban J connectivity index is 3.10. The summed E-state index contributed by atoms with van der Waals surface area (Å²) in [5.41, 5.74) is 8.68. The van der Waals surface area contributed by atoms with Gasteiger partial charge in [0.1, 0.15) is 44.2 Å². The average molecular weight is 319 g/mol. The third kappa shape index (κ3) is 5.17. The Morgan fingerprint density at radius 3 is 2.00 bits per heavy atom. The van der Waals surface area contributed by atoms with Crippen molar-refractivity contribution in [2.24, 2.45) is 5.11 Å². The molecule has 0 aromatic carbocycles. The second-order valence-corrected chi connectivity index (χ2v) is 4.39. The lowest BCUT2D eigenvalue weighted by Gasteiger charge is -2.43. The lowest BCUT2D eigenvalue weighted by Crippen LogP contribution is -2.60. The molecule has 5 atom stereocenters. The summed E-state index contributed by atoms with van der Waals surface area (Å²) >= 11 is 0. The Kier molecular flexibility index (Phi) is 8.60. The molecule has 0 spiro atoms. The SMILES string of the molecule is C#CCO[C@H]1[C@H](OCC#C)[C@@H](OCC#C)C(N=[N+]=[N-])O[C@@H]1CO. The van der Waals surface area contributed by atoms with Gasteiger partial charge in [0.2, 0.25) is 0 Å². The van der Waals surface area contributed by atoms with Crippen molar-refractivity contribution in [3.8, 4) is 37.0 Å². The molecule has 8 nitrogen and oxygen atoms in total. The van der Waals surface area contributed by atoms with E-state index in [4.69, 9.17) is 43.7 Å². The highest BCUT2D eigenvalue weighted by molar-refractivity contribution is 4.98. The maximum absolute atomic E-state index is 9.49. The first-order valence-corrected chi connectivity index (χ1v) is 6.69. The zero-order valence-corrected chi connectivity index (χ0v) is 12.4. The lowest BCUT2D eigenvalue weighted by molar-refractivity contribution is -0.254. The molecule has 0 amide bonds. The van der Waals surface area contributed by atoms with Gasteiger partial charge in [0.05, 0.1) is 6.61 Å². The first kappa shape index (κ1) is 18.8. The van der Waals surface area contributed by atoms with E-state index >= 15 is 0 Å². The van der Waals surface area contributed by atoms with E-state index in [1.54, 1.807) is 0 Å². The Bertz CT molecular complexity index is 541. The molecule has 1 saturated heterocycles. The third-order valence-corrected chi connectivity index (χ3v) is 3.03. The molecule has 0 radical (unpaired) electrons. The predicted octanol–water partition coefficient (Wildman–Crippen LogP) is 0.0691. The van der Waals surface area contributed by atoms with Gasteiger partial charge < -0.3 is 24.1 Å². The van der Waals surface area contributed by atoms with Crippen LogP contribution in [0.1, 0.15) is 0 Å². The van der Waals surface area contributed by atoms with Crippen LogP contribution in [0.3, 0.4) is 0 Å². The van der Waals surface area contributed by atoms with Gasteiger partial charge in [0.25, 0.3) is 0 Å². The molecule has 8 heteroatoms. The molecule has 1 fully saturated rings. The maximum atomic E-state index is 9.49. The van der Waals surface area contributed by atoms with E-state index in [-0.39, 0.29) is 19.8 Å². The van der Waals surface area contributed by atoms with Crippen molar-refractivity contribution in [3.05, 3.63) is 10.4 Å². The van der Waals surface area contributed by atoms with E-state index in [0.29, 0.717) is 0 Å². The van der Waals surface area contributed by atoms with E-state index < -0.39 is 37.3 Å². The molecule has 1 N–H and O–H groups in total. The molecule has 0 aromatic rings. The standard InChI is InChI=1S/C15H17N3O5/c1-4-7-20-12-11(10-19)23-15(17-18-16)14(22-9-6-3)13(12)21-8-5-2/h1-3,11-15,19H,7-10H2/t11-,12-,13+,14-,15?/m1/s1. The Hall–Kier alpha value is -2.21. The first-order valence-electron chi connectivity index (χ1n) is 6.69. The first-order chi connectivity index (χ1) is 11.2. The monoisotopic (exact) mass is 319 g/mol. The predicted molar refractivity (Wildman–Crippen MR) is 80.6 cm³/mol. The highest BCUT2D eigenvalue weighted by atomic mass is 16.6. The average Bonchev–Trinajstić information content (AvgIpc) is 2.57. The maximum Gasteiger partial charge on any atom is 0.165 e. The third-order valence-electron chi connectivity index (χ3n) is 3.03. The van der Waals surface area contributed by atoms with Crippen molar-refractivity contribution in [1.82, 2.24) is 0 Å². The molecule has 0 aliphatic carbocycles. The number of aliphatic hydroxyl groups is 1. The van der Waals surface area contributed by atoms with Crippen LogP contribution in [0.15, 0.2) is 5.11 Å². The summed E-state index contributed by atoms with van der Waals surface area (Å²) < 4.78 is 22.1. The molecule has 122 valence electrons. The number of azide groups is 1. The molecule has 1 aliphatic heterocycles. The topological polar surface area (TPSA) is 106 Å². The molecule has 1 unspecified atom stereocenters. The summed E-state index contributed by atoms with van der Waals surface area (Å²) in [6.45, 7) is -0.538. The second-order valence-electron chi connectivity index (χ2n) is 4.39. The van der Waals surface area contributed by atoms with Gasteiger partial charge in [0.15, 0.2) is 6.23 Å². The van der Waals surface area contributed by atoms with E-state index in [1.165, 1.54) is 0 Å². The molecule has 1 aliphatic rings. The number of hydrogen-bond acceptors (Lipinski definition) is 6. The van der Waals surface area contributed by atoms with Crippen LogP contribution in [0, 0.1) is 37.0 Å². The van der Waals surface area contributed by atoms with Crippen molar-refractivity contribution in [1.29, 1.82) is 0 Å². The molecule has 0 saturated carbocycles. The van der Waals surface area contributed by atoms with Crippen molar-refractivity contribution in [2.75, 3.05) is 26.4 Å². The van der Waals surface area contributed by atoms with Crippen molar-refractivity contribution in [3.63, 3.8) is 0 Å². The molecular formula is C15H17N3O5. The van der Waals surface area contributed by atoms with Crippen LogP contribution in [0.2, 0.25) is 0 Å². The molecule has 0 bridgehead atoms. The minimum Gasteiger partial charge on any atom is -0.394 e. The van der Waals surface area contributed by atoms with Crippen LogP contribution >= 0.6 is 0 Å². The van der Waals surface area contributed by atoms with Crippen LogP contribution in [-0.2, 0) is 18.9 Å². The van der Waals surface area contributed by atoms with Gasteiger partial charge in [-0.2, -0.15) is 0 Å². The van der Waals surface area contributed by atoms with Gasteiger partial charge in [-0.25, -0.2) is 0 Å². The van der Waals surface area contributed by atoms with Gasteiger partial charge >= 0.3 is 0 Å². The van der Waals surface area contributed by atoms with Crippen molar-refractivity contribution >= 4 is 0 Å². The van der Waals surface area contributed by atoms with Gasteiger partial charge in [0, 0.05) is 4.91 Å². The molecule has 23 heavy (non-hydrogen) atoms. The van der Waals surface area contributed by atoms with E-state index in [9.17, 15) is 5.11 Å². The zero-order chi connectivity index (χ0) is 17.1. The fraction of sp³-hybridized carbons (Fsp3) is 0.600. The summed E-state index contributed by atoms with van der Waals surface area (Å²) in [4.78, 5) is 2.71. The van der Waals surface area contributed by atoms with Gasteiger partial charge in [-0.05, 0) is 5.53 Å². The quantitative estimate of drug-likeness (QED) is 0.295. The molecule has 1 heterocycles. The van der Waals surface area contributed by atoms with E-state index in [0.717, 1.165) is 0 Å². The number of nitrogens with zero attached hydrogens (tertiary/aromatic N) is 3. The number of terminal acetylenes is 3. The van der Waals surface area contributed by atoms with Gasteiger partial charge in [-0.15, -0.1) is 19.3 Å². The van der Waals surface area contributed by atoms with Crippen LogP contribution in [0.25, 0.3) is 10.4 Å². The summed E-state index contributed by atoms with van der Waals surface area (Å²) in [7, 11) is 0. The zero-order valence-electron chi connectivity index (χ0n) is 12.4. The van der Waals surface area contributed by atoms with Crippen molar-refractivity contribution < 1.29 is 24.1 Å². The fourth-order valence-electron chi connectivity index (χ4n) is 2.19. The van der Waals surface area contributed by atoms with Crippen LogP contribution < -0.4 is 0 Å². The Morgan fingerprint density at radius 2 is 1.52 bits per heavy atom. The summed E-state index contributed by atoms with van der Waals surface area (Å²) in [6, 6.07) is 0. The number of rotatable bonds is 8. The van der Waals surface area contributed by atoms with Gasteiger partial charge in [-0.3, -0.25) is 0 Å². The van der Waals surface area contributed by atoms with Gasteiger partial charge in [-0.1, -0.05) is 22.9 Å². The highest BCUT2D eigenvalue weighted by Gasteiger charge is 2.47. The Morgan fingerprint density at radius 1 is 1.00 bits per heavy atom. The lowest BCUT2D eigenvalue weighted by atomic mass is 9.97. The fourth-order valence-corrected chi connectivity index (χ4v) is 2.19. The highest BCUT2D eigenvalue weighted by Crippen LogP contribution is 2.28. The van der Waals surface area contributed by atoms with E-state index in [2.05, 4.69) is 27.8 Å². The normalized spacial score (nSPS) is 29.6. The van der Waals surface area contributed by atoms with Crippen LogP contribution in [-0.4, -0.2) is 62.2 Å². The largest absolute Gasteiger partial charge is 0.394 e. The number of ether oxygens (including phenoxy) is 4. The summed E-state index contributed by atoms with van der Waals surface area (Å²) in [5.74, 6) is 6.95. The van der Waals surface area contributed by atoms with E-state index in [1.807, 2.05) is 0 Å². The second kappa shape index (κ2) is 10.5. The van der Waals surface area contributed by atoms with Crippen LogP contribution in [0.4, 0.5) is 0 Å². The molecule has 1 rings (SSSR count). The Labute approximate surface area is 134 Å². The molecular weight excluding hydrogens is 302 g/mol. The minimum absolute atomic E-state index is 0.0333. The smallest absolute Gasteiger partial charge is 0.165 e. The number of aliphatic hydroxyl groups excluding tert-OH is 1. The number of hydrogen-bond donors (Lipinski definition) is 1. The minimum atomic E-state index is -1.06. The summed E-state index contributed by atoms with van der Waals surface area (Å²) in [5, 5.41) is 13.0.